The summed E-state index contributed by atoms with van der Waals surface area (Å²) in [6, 6.07) is 0. The Morgan fingerprint density at radius 2 is 1.22 bits per heavy atom. The number of hydrogen-bond donors (Lipinski definition) is 0. The van der Waals surface area contributed by atoms with Crippen LogP contribution in [0.15, 0.2) is 10.8 Å². The molecule has 0 saturated heterocycles. The van der Waals surface area contributed by atoms with Crippen LogP contribution in [0.1, 0.15) is 6.92 Å². The highest BCUT2D eigenvalue weighted by molar-refractivity contribution is 6.29. The first-order valence-corrected chi connectivity index (χ1v) is 4.28. The summed E-state index contributed by atoms with van der Waals surface area (Å²) in [5, 5.41) is -1.37. The second kappa shape index (κ2) is 5.06. The van der Waals surface area contributed by atoms with Gasteiger partial charge in [0.15, 0.2) is 0 Å². The van der Waals surface area contributed by atoms with Crippen molar-refractivity contribution in [3.63, 3.8) is 0 Å². The van der Waals surface area contributed by atoms with Crippen molar-refractivity contribution in [2.45, 2.75) is 31.6 Å². The van der Waals surface area contributed by atoms with Crippen molar-refractivity contribution in [3.8, 4) is 0 Å². The molecule has 0 aliphatic rings. The molecule has 11 heteroatoms. The standard InChI is InChI=1S/C7H4ClF9O/c1-2(8)3(5(9,10)11)18-4(6(12,13)14)7(15,16)17/h4H,1H3/b3-2-. The topological polar surface area (TPSA) is 9.23 Å². The number of hydrogen-bond acceptors (Lipinski definition) is 1. The molecule has 0 aromatic rings. The fraction of sp³-hybridized carbons (Fsp3) is 0.714. The van der Waals surface area contributed by atoms with Crippen molar-refractivity contribution in [2.75, 3.05) is 0 Å². The minimum Gasteiger partial charge on any atom is -0.465 e. The molecule has 1 nitrogen and oxygen atoms in total. The Labute approximate surface area is 99.1 Å². The van der Waals surface area contributed by atoms with E-state index in [0.29, 0.717) is 6.92 Å². The maximum Gasteiger partial charge on any atom is 0.450 e. The number of rotatable bonds is 2. The predicted octanol–water partition coefficient (Wildman–Crippen LogP) is 4.53. The molecule has 0 heterocycles. The average molecular weight is 311 g/mol. The van der Waals surface area contributed by atoms with E-state index in [1.165, 1.54) is 0 Å². The van der Waals surface area contributed by atoms with Gasteiger partial charge in [-0.15, -0.1) is 0 Å². The highest BCUT2D eigenvalue weighted by Crippen LogP contribution is 2.41. The van der Waals surface area contributed by atoms with E-state index in [0.717, 1.165) is 0 Å². The van der Waals surface area contributed by atoms with Crippen LogP contribution in [0.3, 0.4) is 0 Å². The van der Waals surface area contributed by atoms with Crippen LogP contribution in [0.5, 0.6) is 0 Å². The van der Waals surface area contributed by atoms with Gasteiger partial charge in [-0.2, -0.15) is 39.5 Å². The fourth-order valence-corrected chi connectivity index (χ4v) is 0.932. The maximum atomic E-state index is 12.1. The average Bonchev–Trinajstić information content (AvgIpc) is 1.94. The van der Waals surface area contributed by atoms with E-state index in [1.807, 2.05) is 0 Å². The van der Waals surface area contributed by atoms with Gasteiger partial charge in [0.25, 0.3) is 6.10 Å². The Balaban J connectivity index is 5.43. The fourth-order valence-electron chi connectivity index (χ4n) is 0.780. The molecule has 0 aromatic heterocycles. The van der Waals surface area contributed by atoms with Crippen molar-refractivity contribution in [1.82, 2.24) is 0 Å². The molecule has 18 heavy (non-hydrogen) atoms. The van der Waals surface area contributed by atoms with Gasteiger partial charge in [-0.05, 0) is 6.92 Å². The first kappa shape index (κ1) is 17.2. The minimum absolute atomic E-state index is 0.453. The van der Waals surface area contributed by atoms with E-state index in [2.05, 4.69) is 4.74 Å². The van der Waals surface area contributed by atoms with Crippen LogP contribution in [0, 0.1) is 0 Å². The van der Waals surface area contributed by atoms with Gasteiger partial charge in [0, 0.05) is 0 Å². The van der Waals surface area contributed by atoms with Crippen molar-refractivity contribution in [2.24, 2.45) is 0 Å². The van der Waals surface area contributed by atoms with E-state index in [9.17, 15) is 39.5 Å². The second-order valence-corrected chi connectivity index (χ2v) is 3.51. The maximum absolute atomic E-state index is 12.1. The third kappa shape index (κ3) is 4.83. The summed E-state index contributed by atoms with van der Waals surface area (Å²) in [5.74, 6) is -2.54. The molecule has 0 aliphatic heterocycles. The van der Waals surface area contributed by atoms with Crippen molar-refractivity contribution in [1.29, 1.82) is 0 Å². The predicted molar refractivity (Wildman–Crippen MR) is 41.6 cm³/mol. The summed E-state index contributed by atoms with van der Waals surface area (Å²) in [6.07, 6.45) is -22.3. The molecule has 0 fully saturated rings. The zero-order valence-corrected chi connectivity index (χ0v) is 9.02. The highest BCUT2D eigenvalue weighted by atomic mass is 35.5. The molecular formula is C7H4ClF9O. The molecule has 108 valence electrons. The molecule has 0 N–H and O–H groups in total. The Hall–Kier alpha value is -0.800. The molecule has 0 aliphatic carbocycles. The van der Waals surface area contributed by atoms with Crippen LogP contribution in [-0.4, -0.2) is 24.6 Å². The lowest BCUT2D eigenvalue weighted by molar-refractivity contribution is -0.321. The van der Waals surface area contributed by atoms with Gasteiger partial charge in [-0.1, -0.05) is 11.6 Å². The lowest BCUT2D eigenvalue weighted by Gasteiger charge is -2.26. The third-order valence-electron chi connectivity index (χ3n) is 1.40. The normalized spacial score (nSPS) is 15.8. The van der Waals surface area contributed by atoms with Gasteiger partial charge in [-0.3, -0.25) is 0 Å². The second-order valence-electron chi connectivity index (χ2n) is 2.94. The van der Waals surface area contributed by atoms with Crippen LogP contribution in [0.25, 0.3) is 0 Å². The third-order valence-corrected chi connectivity index (χ3v) is 1.57. The lowest BCUT2D eigenvalue weighted by Crippen LogP contribution is -2.45. The summed E-state index contributed by atoms with van der Waals surface area (Å²) < 4.78 is 111. The smallest absolute Gasteiger partial charge is 0.450 e. The molecule has 0 saturated carbocycles. The zero-order chi connectivity index (χ0) is 14.9. The Bertz CT molecular complexity index is 305. The summed E-state index contributed by atoms with van der Waals surface area (Å²) >= 11 is 4.77. The summed E-state index contributed by atoms with van der Waals surface area (Å²) in [5.41, 5.74) is 0. The van der Waals surface area contributed by atoms with Crippen LogP contribution < -0.4 is 0 Å². The number of allylic oxidation sites excluding steroid dienone is 2. The van der Waals surface area contributed by atoms with Gasteiger partial charge in [0.1, 0.15) is 0 Å². The van der Waals surface area contributed by atoms with E-state index >= 15 is 0 Å². The van der Waals surface area contributed by atoms with Gasteiger partial charge >= 0.3 is 18.5 Å². The molecule has 0 radical (unpaired) electrons. The van der Waals surface area contributed by atoms with E-state index in [-0.39, 0.29) is 0 Å². The van der Waals surface area contributed by atoms with E-state index in [1.54, 1.807) is 0 Å². The molecule has 0 atom stereocenters. The first-order chi connectivity index (χ1) is 7.67. The van der Waals surface area contributed by atoms with Crippen LogP contribution in [0.2, 0.25) is 0 Å². The Morgan fingerprint density at radius 3 is 1.39 bits per heavy atom. The molecule has 0 bridgehead atoms. The van der Waals surface area contributed by atoms with Gasteiger partial charge in [0.2, 0.25) is 5.76 Å². The van der Waals surface area contributed by atoms with Crippen LogP contribution >= 0.6 is 11.6 Å². The molecule has 0 unspecified atom stereocenters. The zero-order valence-electron chi connectivity index (χ0n) is 8.27. The molecule has 0 amide bonds. The van der Waals surface area contributed by atoms with Crippen LogP contribution in [0.4, 0.5) is 39.5 Å². The van der Waals surface area contributed by atoms with Crippen molar-refractivity contribution < 1.29 is 44.3 Å². The number of halogens is 10. The number of alkyl halides is 9. The molecule has 0 aromatic carbocycles. The van der Waals surface area contributed by atoms with E-state index in [4.69, 9.17) is 11.6 Å². The van der Waals surface area contributed by atoms with Crippen molar-refractivity contribution in [3.05, 3.63) is 10.8 Å². The van der Waals surface area contributed by atoms with Gasteiger partial charge in [0.05, 0.1) is 5.03 Å². The molecule has 0 spiro atoms. The highest BCUT2D eigenvalue weighted by Gasteiger charge is 2.61. The monoisotopic (exact) mass is 310 g/mol. The van der Waals surface area contributed by atoms with Gasteiger partial charge in [-0.25, -0.2) is 0 Å². The summed E-state index contributed by atoms with van der Waals surface area (Å²) in [7, 11) is 0. The lowest BCUT2D eigenvalue weighted by atomic mass is 10.3. The number of ether oxygens (including phenoxy) is 1. The summed E-state index contributed by atoms with van der Waals surface area (Å²) in [4.78, 5) is 0. The summed E-state index contributed by atoms with van der Waals surface area (Å²) in [6.45, 7) is 0.453. The van der Waals surface area contributed by atoms with Crippen molar-refractivity contribution >= 4 is 11.6 Å². The molecule has 0 rings (SSSR count). The Kier molecular flexibility index (Phi) is 4.83. The van der Waals surface area contributed by atoms with Crippen LogP contribution in [-0.2, 0) is 4.74 Å². The Morgan fingerprint density at radius 1 is 0.889 bits per heavy atom. The largest absolute Gasteiger partial charge is 0.465 e. The van der Waals surface area contributed by atoms with Gasteiger partial charge < -0.3 is 4.74 Å². The minimum atomic E-state index is -6.05. The quantitative estimate of drug-likeness (QED) is 0.538. The van der Waals surface area contributed by atoms with E-state index < -0.39 is 35.4 Å². The first-order valence-electron chi connectivity index (χ1n) is 3.91. The molecular weight excluding hydrogens is 307 g/mol. The SMILES string of the molecule is C/C(Cl)=C(/OC(C(F)(F)F)C(F)(F)F)C(F)(F)F.